The van der Waals surface area contributed by atoms with Crippen LogP contribution in [-0.2, 0) is 19.1 Å². The van der Waals surface area contributed by atoms with E-state index in [2.05, 4.69) is 38.2 Å². The van der Waals surface area contributed by atoms with E-state index in [0.29, 0.717) is 12.8 Å². The van der Waals surface area contributed by atoms with Gasteiger partial charge >= 0.3 is 11.9 Å². The zero-order chi connectivity index (χ0) is 43.5. The van der Waals surface area contributed by atoms with Gasteiger partial charge in [-0.2, -0.15) is 0 Å². The molecule has 0 aliphatic carbocycles. The first-order valence-electron chi connectivity index (χ1n) is 26.9. The molecule has 60 heavy (non-hydrogen) atoms. The summed E-state index contributed by atoms with van der Waals surface area (Å²) < 4.78 is 10.7. The summed E-state index contributed by atoms with van der Waals surface area (Å²) in [5, 5.41) is 9.64. The highest BCUT2D eigenvalue weighted by molar-refractivity contribution is 5.70. The number of aliphatic hydroxyl groups excluding tert-OH is 1. The van der Waals surface area contributed by atoms with E-state index in [-0.39, 0.29) is 25.2 Å². The molecule has 0 radical (unpaired) electrons. The van der Waals surface area contributed by atoms with Crippen LogP contribution in [0.25, 0.3) is 0 Å². The summed E-state index contributed by atoms with van der Waals surface area (Å²) in [4.78, 5) is 24.5. The number of carbonyl (C=O) groups is 2. The Morgan fingerprint density at radius 2 is 0.667 bits per heavy atom. The molecule has 1 N–H and O–H groups in total. The van der Waals surface area contributed by atoms with Gasteiger partial charge < -0.3 is 14.6 Å². The minimum Gasteiger partial charge on any atom is -0.462 e. The molecule has 0 rings (SSSR count). The first kappa shape index (κ1) is 58.4. The Bertz CT molecular complexity index is 913. The molecule has 1 atom stereocenters. The summed E-state index contributed by atoms with van der Waals surface area (Å²) in [5.74, 6) is -0.572. The van der Waals surface area contributed by atoms with Gasteiger partial charge in [0.25, 0.3) is 0 Å². The highest BCUT2D eigenvalue weighted by Crippen LogP contribution is 2.17. The van der Waals surface area contributed by atoms with Crippen molar-refractivity contribution < 1.29 is 24.2 Å². The lowest BCUT2D eigenvalue weighted by Crippen LogP contribution is -2.28. The van der Waals surface area contributed by atoms with Gasteiger partial charge in [0.15, 0.2) is 6.10 Å². The Hall–Kier alpha value is -1.62. The van der Waals surface area contributed by atoms with Crippen molar-refractivity contribution in [2.45, 2.75) is 302 Å². The zero-order valence-electron chi connectivity index (χ0n) is 40.5. The number of unbranched alkanes of at least 4 members (excludes halogenated alkanes) is 38. The fourth-order valence-electron chi connectivity index (χ4n) is 8.18. The van der Waals surface area contributed by atoms with Crippen LogP contribution in [-0.4, -0.2) is 36.4 Å². The van der Waals surface area contributed by atoms with Gasteiger partial charge in [-0.1, -0.05) is 263 Å². The van der Waals surface area contributed by atoms with Crippen molar-refractivity contribution in [1.29, 1.82) is 0 Å². The summed E-state index contributed by atoms with van der Waals surface area (Å²) in [6, 6.07) is 0. The first-order valence-corrected chi connectivity index (χ1v) is 26.9. The normalized spacial score (nSPS) is 12.2. The van der Waals surface area contributed by atoms with Gasteiger partial charge in [0, 0.05) is 12.8 Å². The van der Waals surface area contributed by atoms with E-state index in [9.17, 15) is 14.7 Å². The van der Waals surface area contributed by atoms with Gasteiger partial charge in [0.05, 0.1) is 6.61 Å². The average molecular weight is 845 g/mol. The van der Waals surface area contributed by atoms with Crippen LogP contribution in [0.4, 0.5) is 0 Å². The maximum absolute atomic E-state index is 12.3. The third-order valence-electron chi connectivity index (χ3n) is 12.2. The topological polar surface area (TPSA) is 72.8 Å². The molecular formula is C55H104O5. The largest absolute Gasteiger partial charge is 0.462 e. The number of allylic oxidation sites excluding steroid dienone is 4. The number of esters is 2. The average Bonchev–Trinajstić information content (AvgIpc) is 3.25. The van der Waals surface area contributed by atoms with E-state index >= 15 is 0 Å². The van der Waals surface area contributed by atoms with Crippen molar-refractivity contribution in [3.8, 4) is 0 Å². The van der Waals surface area contributed by atoms with E-state index in [0.717, 1.165) is 38.5 Å². The maximum Gasteiger partial charge on any atom is 0.306 e. The van der Waals surface area contributed by atoms with Gasteiger partial charge in [-0.05, 0) is 44.9 Å². The number of carbonyl (C=O) groups excluding carboxylic acids is 2. The summed E-state index contributed by atoms with van der Waals surface area (Å²) >= 11 is 0. The smallest absolute Gasteiger partial charge is 0.306 e. The van der Waals surface area contributed by atoms with Gasteiger partial charge in [-0.25, -0.2) is 0 Å². The molecule has 5 nitrogen and oxygen atoms in total. The Labute approximate surface area is 374 Å². The third-order valence-corrected chi connectivity index (χ3v) is 12.2. The van der Waals surface area contributed by atoms with Gasteiger partial charge in [0.1, 0.15) is 6.61 Å². The first-order chi connectivity index (χ1) is 29.6. The summed E-state index contributed by atoms with van der Waals surface area (Å²) in [7, 11) is 0. The van der Waals surface area contributed by atoms with Gasteiger partial charge in [-0.3, -0.25) is 9.59 Å². The van der Waals surface area contributed by atoms with Crippen LogP contribution in [0.5, 0.6) is 0 Å². The highest BCUT2D eigenvalue weighted by atomic mass is 16.6. The lowest BCUT2D eigenvalue weighted by molar-refractivity contribution is -0.161. The molecule has 0 aliphatic rings. The second-order valence-corrected chi connectivity index (χ2v) is 18.3. The van der Waals surface area contributed by atoms with Crippen molar-refractivity contribution in [2.75, 3.05) is 13.2 Å². The number of hydrogen-bond acceptors (Lipinski definition) is 5. The SMILES string of the molecule is CCCCCCC/C=C\C/C=C\CCCCCCCCCCCCCCCCCC(=O)OC(CO)COC(=O)CCCCCCCCCCCCCCCCCCCCC. The quantitative estimate of drug-likeness (QED) is 0.0375. The van der Waals surface area contributed by atoms with Crippen molar-refractivity contribution in [2.24, 2.45) is 0 Å². The highest BCUT2D eigenvalue weighted by Gasteiger charge is 2.16. The molecule has 0 aromatic carbocycles. The molecule has 0 heterocycles. The Morgan fingerprint density at radius 3 is 0.983 bits per heavy atom. The van der Waals surface area contributed by atoms with Crippen molar-refractivity contribution >= 4 is 11.9 Å². The second kappa shape index (κ2) is 51.7. The third kappa shape index (κ3) is 49.0. The van der Waals surface area contributed by atoms with Crippen molar-refractivity contribution in [1.82, 2.24) is 0 Å². The fraction of sp³-hybridized carbons (Fsp3) is 0.891. The standard InChI is InChI=1S/C55H104O5/c1-3-5-7-9-11-13-15-17-19-21-23-24-25-26-27-28-29-30-32-34-36-38-40-42-44-46-48-50-55(58)60-53(51-56)52-59-54(57)49-47-45-43-41-39-37-35-33-31-22-20-18-16-14-12-10-8-6-4-2/h15,17,21,23,53,56H,3-14,16,18-20,22,24-52H2,1-2H3/b17-15-,23-21-. The predicted molar refractivity (Wildman–Crippen MR) is 261 cm³/mol. The second-order valence-electron chi connectivity index (χ2n) is 18.3. The predicted octanol–water partition coefficient (Wildman–Crippen LogP) is 17.8. The molecular weight excluding hydrogens is 741 g/mol. The molecule has 0 fully saturated rings. The van der Waals surface area contributed by atoms with Crippen LogP contribution in [0, 0.1) is 0 Å². The van der Waals surface area contributed by atoms with E-state index in [1.165, 1.54) is 231 Å². The minimum absolute atomic E-state index is 0.0593. The van der Waals surface area contributed by atoms with Gasteiger partial charge in [-0.15, -0.1) is 0 Å². The molecule has 0 saturated heterocycles. The molecule has 0 aromatic rings. The molecule has 1 unspecified atom stereocenters. The van der Waals surface area contributed by atoms with Crippen LogP contribution >= 0.6 is 0 Å². The van der Waals surface area contributed by atoms with Crippen molar-refractivity contribution in [3.05, 3.63) is 24.3 Å². The Balaban J connectivity index is 3.44. The van der Waals surface area contributed by atoms with Crippen LogP contribution < -0.4 is 0 Å². The number of rotatable bonds is 50. The van der Waals surface area contributed by atoms with Crippen LogP contribution in [0.2, 0.25) is 0 Å². The summed E-state index contributed by atoms with van der Waals surface area (Å²) in [6.45, 7) is 4.18. The molecule has 0 amide bonds. The molecule has 354 valence electrons. The minimum atomic E-state index is -0.767. The molecule has 0 saturated carbocycles. The Kier molecular flexibility index (Phi) is 50.3. The zero-order valence-corrected chi connectivity index (χ0v) is 40.5. The molecule has 0 bridgehead atoms. The van der Waals surface area contributed by atoms with E-state index < -0.39 is 6.10 Å². The molecule has 0 aliphatic heterocycles. The molecule has 0 spiro atoms. The van der Waals surface area contributed by atoms with Crippen LogP contribution in [0.15, 0.2) is 24.3 Å². The van der Waals surface area contributed by atoms with Gasteiger partial charge in [0.2, 0.25) is 0 Å². The fourth-order valence-corrected chi connectivity index (χ4v) is 8.18. The number of ether oxygens (including phenoxy) is 2. The summed E-state index contributed by atoms with van der Waals surface area (Å²) in [6.07, 6.45) is 64.3. The van der Waals surface area contributed by atoms with Crippen LogP contribution in [0.1, 0.15) is 296 Å². The maximum atomic E-state index is 12.3. The van der Waals surface area contributed by atoms with E-state index in [1.54, 1.807) is 0 Å². The van der Waals surface area contributed by atoms with Crippen molar-refractivity contribution in [3.63, 3.8) is 0 Å². The van der Waals surface area contributed by atoms with E-state index in [1.807, 2.05) is 0 Å². The lowest BCUT2D eigenvalue weighted by atomic mass is 10.0. The Morgan fingerprint density at radius 1 is 0.383 bits per heavy atom. The van der Waals surface area contributed by atoms with Crippen LogP contribution in [0.3, 0.4) is 0 Å². The molecule has 0 aromatic heterocycles. The number of hydrogen-bond donors (Lipinski definition) is 1. The number of aliphatic hydroxyl groups is 1. The monoisotopic (exact) mass is 845 g/mol. The lowest BCUT2D eigenvalue weighted by Gasteiger charge is -2.15. The van der Waals surface area contributed by atoms with E-state index in [4.69, 9.17) is 9.47 Å². The molecule has 5 heteroatoms. The summed E-state index contributed by atoms with van der Waals surface area (Å²) in [5.41, 5.74) is 0.